The van der Waals surface area contributed by atoms with E-state index in [4.69, 9.17) is 21.2 Å². The molecule has 1 fully saturated rings. The van der Waals surface area contributed by atoms with E-state index in [9.17, 15) is 5.11 Å². The number of rotatable bonds is 8. The van der Waals surface area contributed by atoms with Gasteiger partial charge in [-0.25, -0.2) is 9.97 Å². The molecule has 1 aliphatic heterocycles. The smallest absolute Gasteiger partial charge is 0.213 e. The molecular weight excluding hydrogens is 516 g/mol. The summed E-state index contributed by atoms with van der Waals surface area (Å²) in [7, 11) is 7.46. The maximum atomic E-state index is 9.90. The van der Waals surface area contributed by atoms with E-state index in [0.717, 1.165) is 35.6 Å². The molecular formula is C29H43ClN6O3. The zero-order valence-electron chi connectivity index (χ0n) is 24.5. The minimum atomic E-state index is 0.0374. The van der Waals surface area contributed by atoms with Crippen molar-refractivity contribution in [2.75, 3.05) is 53.2 Å². The van der Waals surface area contributed by atoms with Crippen LogP contribution >= 0.6 is 11.6 Å². The van der Waals surface area contributed by atoms with Crippen molar-refractivity contribution in [3.8, 4) is 11.5 Å². The molecule has 1 saturated heterocycles. The number of likely N-dealkylation sites (tertiary alicyclic amines) is 1. The molecule has 9 nitrogen and oxygen atoms in total. The van der Waals surface area contributed by atoms with Gasteiger partial charge >= 0.3 is 0 Å². The Bertz CT molecular complexity index is 1200. The van der Waals surface area contributed by atoms with Gasteiger partial charge in [0.2, 0.25) is 5.90 Å². The summed E-state index contributed by atoms with van der Waals surface area (Å²) < 4.78 is 5.17. The first kappa shape index (κ1) is 32.1. The molecule has 0 amide bonds. The molecule has 1 aromatic heterocycles. The first-order valence-corrected chi connectivity index (χ1v) is 13.5. The standard InChI is InChI=1S/C18H20ClN3O2.C11H23N3O/c1-11(2)7-13(6-5-12(3)19)22-18-14-8-17(24-4)16(23)9-15(14)20-10-21-18;1-5-12-11(15-13(2)3)10-7-6-8-14(4)9-10/h5-10,23H,1-4H3,(H,20,21,22);10H,5-9H2,1-4H3/b12-5+,13-6+;. The number of aromatic nitrogens is 2. The number of phenolic OH excluding ortho intramolecular Hbond substituents is 1. The number of benzene rings is 1. The molecule has 2 heterocycles. The monoisotopic (exact) mass is 558 g/mol. The molecule has 3 rings (SSSR count). The second-order valence-corrected chi connectivity index (χ2v) is 10.4. The Morgan fingerprint density at radius 3 is 2.59 bits per heavy atom. The zero-order chi connectivity index (χ0) is 28.9. The largest absolute Gasteiger partial charge is 0.504 e. The lowest BCUT2D eigenvalue weighted by Gasteiger charge is -2.30. The maximum absolute atomic E-state index is 9.90. The Morgan fingerprint density at radius 2 is 2.00 bits per heavy atom. The molecule has 0 radical (unpaired) electrons. The van der Waals surface area contributed by atoms with Gasteiger partial charge in [-0.05, 0) is 78.4 Å². The highest BCUT2D eigenvalue weighted by Crippen LogP contribution is 2.33. The van der Waals surface area contributed by atoms with Crippen LogP contribution in [0.1, 0.15) is 40.5 Å². The fraction of sp³-hybridized carbons (Fsp3) is 0.483. The second kappa shape index (κ2) is 16.1. The van der Waals surface area contributed by atoms with Gasteiger partial charge in [0.05, 0.1) is 12.6 Å². The van der Waals surface area contributed by atoms with Crippen molar-refractivity contribution < 1.29 is 14.7 Å². The highest BCUT2D eigenvalue weighted by atomic mass is 35.5. The number of fused-ring (bicyclic) bond motifs is 1. The molecule has 10 heteroatoms. The summed E-state index contributed by atoms with van der Waals surface area (Å²) in [5.74, 6) is 2.38. The van der Waals surface area contributed by atoms with Gasteiger partial charge in [0.1, 0.15) is 12.1 Å². The fourth-order valence-electron chi connectivity index (χ4n) is 4.06. The van der Waals surface area contributed by atoms with E-state index in [1.165, 1.54) is 32.8 Å². The number of nitrogens with one attached hydrogen (secondary N) is 1. The first-order valence-electron chi connectivity index (χ1n) is 13.1. The summed E-state index contributed by atoms with van der Waals surface area (Å²) >= 11 is 5.91. The maximum Gasteiger partial charge on any atom is 0.213 e. The molecule has 2 N–H and O–H groups in total. The van der Waals surface area contributed by atoms with Crippen molar-refractivity contribution in [2.24, 2.45) is 10.9 Å². The highest BCUT2D eigenvalue weighted by Gasteiger charge is 2.24. The van der Waals surface area contributed by atoms with Gasteiger partial charge in [-0.1, -0.05) is 17.2 Å². The molecule has 0 saturated carbocycles. The minimum absolute atomic E-state index is 0.0374. The van der Waals surface area contributed by atoms with Crippen LogP contribution < -0.4 is 10.1 Å². The molecule has 1 aliphatic rings. The minimum Gasteiger partial charge on any atom is -0.504 e. The van der Waals surface area contributed by atoms with Gasteiger partial charge in [0.25, 0.3) is 0 Å². The second-order valence-electron chi connectivity index (χ2n) is 9.80. The van der Waals surface area contributed by atoms with Crippen LogP contribution in [0.4, 0.5) is 5.82 Å². The van der Waals surface area contributed by atoms with Crippen molar-refractivity contribution in [1.29, 1.82) is 0 Å². The molecule has 1 aromatic carbocycles. The van der Waals surface area contributed by atoms with Crippen LogP contribution in [0.3, 0.4) is 0 Å². The van der Waals surface area contributed by atoms with Gasteiger partial charge in [0.15, 0.2) is 11.5 Å². The van der Waals surface area contributed by atoms with Crippen molar-refractivity contribution in [2.45, 2.75) is 40.5 Å². The van der Waals surface area contributed by atoms with Gasteiger partial charge in [-0.3, -0.25) is 4.99 Å². The van der Waals surface area contributed by atoms with Crippen LogP contribution in [0.15, 0.2) is 58.0 Å². The van der Waals surface area contributed by atoms with E-state index in [0.29, 0.717) is 28.0 Å². The lowest BCUT2D eigenvalue weighted by molar-refractivity contribution is -0.0296. The number of ether oxygens (including phenoxy) is 1. The van der Waals surface area contributed by atoms with Crippen molar-refractivity contribution >= 4 is 34.2 Å². The van der Waals surface area contributed by atoms with E-state index in [2.05, 4.69) is 32.2 Å². The molecule has 214 valence electrons. The summed E-state index contributed by atoms with van der Waals surface area (Å²) in [5.41, 5.74) is 2.58. The van der Waals surface area contributed by atoms with Crippen molar-refractivity contribution in [3.63, 3.8) is 0 Å². The zero-order valence-corrected chi connectivity index (χ0v) is 25.2. The third kappa shape index (κ3) is 10.9. The number of allylic oxidation sites excluding steroid dienone is 5. The average Bonchev–Trinajstić information content (AvgIpc) is 2.86. The summed E-state index contributed by atoms with van der Waals surface area (Å²) in [6, 6.07) is 3.25. The van der Waals surface area contributed by atoms with Gasteiger partial charge in [-0.2, -0.15) is 0 Å². The van der Waals surface area contributed by atoms with Crippen LogP contribution in [-0.2, 0) is 4.84 Å². The number of methoxy groups -OCH3 is 1. The average molecular weight is 559 g/mol. The van der Waals surface area contributed by atoms with Crippen LogP contribution in [0.2, 0.25) is 0 Å². The molecule has 0 spiro atoms. The molecule has 2 aromatic rings. The number of hydroxylamine groups is 2. The Balaban J connectivity index is 0.000000306. The number of hydrogen-bond acceptors (Lipinski definition) is 9. The van der Waals surface area contributed by atoms with E-state index in [1.54, 1.807) is 23.3 Å². The van der Waals surface area contributed by atoms with E-state index in [-0.39, 0.29) is 5.75 Å². The molecule has 1 unspecified atom stereocenters. The van der Waals surface area contributed by atoms with Gasteiger partial charge in [0, 0.05) is 55.3 Å². The van der Waals surface area contributed by atoms with Crippen LogP contribution in [0.5, 0.6) is 11.5 Å². The van der Waals surface area contributed by atoms with Crippen LogP contribution in [-0.4, -0.2) is 78.8 Å². The Morgan fingerprint density at radius 1 is 1.26 bits per heavy atom. The predicted octanol–water partition coefficient (Wildman–Crippen LogP) is 5.99. The topological polar surface area (TPSA) is 95.3 Å². The molecule has 1 atom stereocenters. The summed E-state index contributed by atoms with van der Waals surface area (Å²) in [6.45, 7) is 10.9. The molecule has 0 aliphatic carbocycles. The van der Waals surface area contributed by atoms with Crippen LogP contribution in [0.25, 0.3) is 10.9 Å². The number of nitrogens with zero attached hydrogens (tertiary/aromatic N) is 5. The summed E-state index contributed by atoms with van der Waals surface area (Å²) in [4.78, 5) is 20.9. The quantitative estimate of drug-likeness (QED) is 0.177. The van der Waals surface area contributed by atoms with E-state index in [1.807, 2.05) is 53.9 Å². The third-order valence-corrected chi connectivity index (χ3v) is 5.83. The predicted molar refractivity (Wildman–Crippen MR) is 161 cm³/mol. The van der Waals surface area contributed by atoms with Crippen molar-refractivity contribution in [3.05, 3.63) is 53.0 Å². The Hall–Kier alpha value is -3.14. The lowest BCUT2D eigenvalue weighted by atomic mass is 9.98. The first-order chi connectivity index (χ1) is 18.5. The van der Waals surface area contributed by atoms with E-state index < -0.39 is 0 Å². The van der Waals surface area contributed by atoms with Crippen LogP contribution in [0, 0.1) is 5.92 Å². The number of aliphatic imine (C=N–C) groups is 1. The third-order valence-electron chi connectivity index (χ3n) is 5.70. The molecule has 0 bridgehead atoms. The number of hydrogen-bond donors (Lipinski definition) is 2. The summed E-state index contributed by atoms with van der Waals surface area (Å²) in [5, 5.41) is 16.3. The highest BCUT2D eigenvalue weighted by molar-refractivity contribution is 6.29. The molecule has 39 heavy (non-hydrogen) atoms. The van der Waals surface area contributed by atoms with Gasteiger partial charge in [-0.15, -0.1) is 5.06 Å². The Kier molecular flexibility index (Phi) is 13.2. The SMILES string of the molecule is CCN=C(ON(C)C)C1CCCN(C)C1.COc1cc2c(N/C(C=C(C)C)=C/C=C(\C)Cl)ncnc2cc1O. The lowest BCUT2D eigenvalue weighted by Crippen LogP contribution is -2.38. The number of piperidine rings is 1. The fourth-order valence-corrected chi connectivity index (χ4v) is 4.12. The van der Waals surface area contributed by atoms with Crippen molar-refractivity contribution in [1.82, 2.24) is 19.9 Å². The number of phenols is 1. The number of halogens is 1. The Labute approximate surface area is 237 Å². The normalized spacial score (nSPS) is 17.0. The number of aromatic hydroxyl groups is 1. The van der Waals surface area contributed by atoms with E-state index >= 15 is 0 Å². The summed E-state index contributed by atoms with van der Waals surface area (Å²) in [6.07, 6.45) is 9.54. The number of anilines is 1. The van der Waals surface area contributed by atoms with Gasteiger partial charge < -0.3 is 24.9 Å².